The molecule has 2 fully saturated rings. The van der Waals surface area contributed by atoms with Crippen molar-refractivity contribution in [3.05, 3.63) is 30.2 Å². The van der Waals surface area contributed by atoms with Gasteiger partial charge in [0, 0.05) is 26.2 Å². The number of carbonyl (C=O) groups is 2. The van der Waals surface area contributed by atoms with E-state index in [0.29, 0.717) is 30.9 Å². The van der Waals surface area contributed by atoms with Gasteiger partial charge in [-0.1, -0.05) is 11.2 Å². The van der Waals surface area contributed by atoms with Crippen LogP contribution in [0.15, 0.2) is 23.4 Å². The summed E-state index contributed by atoms with van der Waals surface area (Å²) in [5, 5.41) is 3.76. The number of aryl methyl sites for hydroxylation is 1. The molecule has 6 nitrogen and oxygen atoms in total. The van der Waals surface area contributed by atoms with Gasteiger partial charge in [-0.3, -0.25) is 9.59 Å². The van der Waals surface area contributed by atoms with E-state index < -0.39 is 5.41 Å². The summed E-state index contributed by atoms with van der Waals surface area (Å²) < 4.78 is 4.86. The average Bonchev–Trinajstić information content (AvgIpc) is 3.07. The minimum Gasteiger partial charge on any atom is -0.364 e. The fourth-order valence-electron chi connectivity index (χ4n) is 3.57. The first-order valence-electron chi connectivity index (χ1n) is 7.68. The maximum Gasteiger partial charge on any atom is 0.259 e. The Balaban J connectivity index is 1.77. The van der Waals surface area contributed by atoms with Crippen LogP contribution < -0.4 is 0 Å². The molecule has 1 aromatic heterocycles. The van der Waals surface area contributed by atoms with Gasteiger partial charge in [-0.2, -0.15) is 0 Å². The number of aromatic nitrogens is 1. The predicted octanol–water partition coefficient (Wildman–Crippen LogP) is 1.62. The smallest absolute Gasteiger partial charge is 0.259 e. The van der Waals surface area contributed by atoms with Gasteiger partial charge in [0.25, 0.3) is 5.91 Å². The first kappa shape index (κ1) is 14.8. The lowest BCUT2D eigenvalue weighted by atomic mass is 9.78. The Bertz CT molecular complexity index is 610. The van der Waals surface area contributed by atoms with E-state index in [1.54, 1.807) is 17.9 Å². The minimum atomic E-state index is -0.415. The van der Waals surface area contributed by atoms with Crippen molar-refractivity contribution in [2.75, 3.05) is 26.2 Å². The van der Waals surface area contributed by atoms with Crippen LogP contribution in [0.3, 0.4) is 0 Å². The summed E-state index contributed by atoms with van der Waals surface area (Å²) in [5.41, 5.74) is 0.670. The number of rotatable bonds is 3. The highest BCUT2D eigenvalue weighted by atomic mass is 16.5. The number of likely N-dealkylation sites (tertiary alicyclic amines) is 2. The van der Waals surface area contributed by atoms with Crippen LogP contribution >= 0.6 is 0 Å². The standard InChI is InChI=1S/C16H21N3O3/c1-3-7-18-9-6-16(15(18)21)5-4-8-19(11-16)14(20)13-10-22-17-12(13)2/h3,10H,1,4-9,11H2,2H3. The highest BCUT2D eigenvalue weighted by Gasteiger charge is 2.49. The van der Waals surface area contributed by atoms with E-state index in [9.17, 15) is 9.59 Å². The van der Waals surface area contributed by atoms with Gasteiger partial charge in [0.15, 0.2) is 0 Å². The topological polar surface area (TPSA) is 66.7 Å². The van der Waals surface area contributed by atoms with Crippen molar-refractivity contribution in [1.82, 2.24) is 15.0 Å². The largest absolute Gasteiger partial charge is 0.364 e. The quantitative estimate of drug-likeness (QED) is 0.796. The van der Waals surface area contributed by atoms with Crippen molar-refractivity contribution in [3.63, 3.8) is 0 Å². The maximum absolute atomic E-state index is 12.7. The Kier molecular flexibility index (Phi) is 3.76. The molecule has 2 aliphatic rings. The molecule has 2 saturated heterocycles. The zero-order valence-corrected chi connectivity index (χ0v) is 12.9. The van der Waals surface area contributed by atoms with Crippen LogP contribution in [0.25, 0.3) is 0 Å². The fraction of sp³-hybridized carbons (Fsp3) is 0.562. The van der Waals surface area contributed by atoms with Crippen molar-refractivity contribution in [1.29, 1.82) is 0 Å². The highest BCUT2D eigenvalue weighted by molar-refractivity contribution is 5.95. The Labute approximate surface area is 129 Å². The molecule has 0 aromatic carbocycles. The van der Waals surface area contributed by atoms with Crippen molar-refractivity contribution >= 4 is 11.8 Å². The van der Waals surface area contributed by atoms with Gasteiger partial charge in [0.2, 0.25) is 5.91 Å². The number of nitrogens with zero attached hydrogens (tertiary/aromatic N) is 3. The van der Waals surface area contributed by atoms with Crippen LogP contribution in [-0.4, -0.2) is 52.9 Å². The molecule has 2 aliphatic heterocycles. The van der Waals surface area contributed by atoms with Gasteiger partial charge >= 0.3 is 0 Å². The summed E-state index contributed by atoms with van der Waals surface area (Å²) in [4.78, 5) is 28.9. The molecule has 0 saturated carbocycles. The Hall–Kier alpha value is -2.11. The summed E-state index contributed by atoms with van der Waals surface area (Å²) >= 11 is 0. The molecular weight excluding hydrogens is 282 g/mol. The number of hydrogen-bond donors (Lipinski definition) is 0. The third-order valence-corrected chi connectivity index (χ3v) is 4.80. The molecule has 0 bridgehead atoms. The Morgan fingerprint density at radius 1 is 1.50 bits per heavy atom. The highest BCUT2D eigenvalue weighted by Crippen LogP contribution is 2.40. The summed E-state index contributed by atoms with van der Waals surface area (Å²) in [7, 11) is 0. The van der Waals surface area contributed by atoms with E-state index in [0.717, 1.165) is 25.8 Å². The van der Waals surface area contributed by atoms with Gasteiger partial charge < -0.3 is 14.3 Å². The van der Waals surface area contributed by atoms with Gasteiger partial charge in [-0.05, 0) is 26.2 Å². The predicted molar refractivity (Wildman–Crippen MR) is 80.2 cm³/mol. The second-order valence-electron chi connectivity index (χ2n) is 6.21. The normalized spacial score (nSPS) is 25.0. The summed E-state index contributed by atoms with van der Waals surface area (Å²) in [6, 6.07) is 0. The molecule has 2 amide bonds. The van der Waals surface area contributed by atoms with Crippen LogP contribution in [-0.2, 0) is 4.79 Å². The SMILES string of the molecule is C=CCN1CCC2(CCCN(C(=O)c3conc3C)C2)C1=O. The lowest BCUT2D eigenvalue weighted by molar-refractivity contribution is -0.137. The molecule has 0 aliphatic carbocycles. The van der Waals surface area contributed by atoms with E-state index in [-0.39, 0.29) is 11.8 Å². The van der Waals surface area contributed by atoms with Crippen LogP contribution in [0.2, 0.25) is 0 Å². The van der Waals surface area contributed by atoms with Crippen molar-refractivity contribution < 1.29 is 14.1 Å². The molecular formula is C16H21N3O3. The van der Waals surface area contributed by atoms with Crippen LogP contribution in [0.5, 0.6) is 0 Å². The first-order valence-corrected chi connectivity index (χ1v) is 7.68. The van der Waals surface area contributed by atoms with Gasteiger partial charge in [0.1, 0.15) is 11.8 Å². The van der Waals surface area contributed by atoms with Crippen LogP contribution in [0, 0.1) is 12.3 Å². The molecule has 22 heavy (non-hydrogen) atoms. The van der Waals surface area contributed by atoms with Crippen LogP contribution in [0.4, 0.5) is 0 Å². The summed E-state index contributed by atoms with van der Waals surface area (Å²) in [6.45, 7) is 7.96. The number of piperidine rings is 1. The molecule has 118 valence electrons. The lowest BCUT2D eigenvalue weighted by Gasteiger charge is -2.38. The zero-order chi connectivity index (χ0) is 15.7. The third-order valence-electron chi connectivity index (χ3n) is 4.80. The van der Waals surface area contributed by atoms with Crippen molar-refractivity contribution in [3.8, 4) is 0 Å². The van der Waals surface area contributed by atoms with Gasteiger partial charge in [0.05, 0.1) is 11.1 Å². The maximum atomic E-state index is 12.7. The monoisotopic (exact) mass is 303 g/mol. The van der Waals surface area contributed by atoms with Gasteiger partial charge in [-0.15, -0.1) is 6.58 Å². The van der Waals surface area contributed by atoms with Crippen molar-refractivity contribution in [2.45, 2.75) is 26.2 Å². The van der Waals surface area contributed by atoms with E-state index in [2.05, 4.69) is 11.7 Å². The van der Waals surface area contributed by atoms with Crippen LogP contribution in [0.1, 0.15) is 35.3 Å². The molecule has 3 heterocycles. The fourth-order valence-corrected chi connectivity index (χ4v) is 3.57. The second-order valence-corrected chi connectivity index (χ2v) is 6.21. The average molecular weight is 303 g/mol. The molecule has 0 radical (unpaired) electrons. The lowest BCUT2D eigenvalue weighted by Crippen LogP contribution is -2.49. The second kappa shape index (κ2) is 5.59. The zero-order valence-electron chi connectivity index (χ0n) is 12.9. The minimum absolute atomic E-state index is 0.0900. The van der Waals surface area contributed by atoms with E-state index >= 15 is 0 Å². The van der Waals surface area contributed by atoms with E-state index in [4.69, 9.17) is 4.52 Å². The van der Waals surface area contributed by atoms with E-state index in [1.165, 1.54) is 6.26 Å². The first-order chi connectivity index (χ1) is 10.6. The number of carbonyl (C=O) groups excluding carboxylic acids is 2. The molecule has 1 aromatic rings. The molecule has 1 unspecified atom stereocenters. The molecule has 1 atom stereocenters. The van der Waals surface area contributed by atoms with E-state index in [1.807, 2.05) is 4.90 Å². The summed E-state index contributed by atoms with van der Waals surface area (Å²) in [5.74, 6) is 0.0692. The Morgan fingerprint density at radius 3 is 3.00 bits per heavy atom. The molecule has 3 rings (SSSR count). The van der Waals surface area contributed by atoms with Crippen molar-refractivity contribution in [2.24, 2.45) is 5.41 Å². The molecule has 6 heteroatoms. The molecule has 0 N–H and O–H groups in total. The third kappa shape index (κ3) is 2.32. The van der Waals surface area contributed by atoms with Gasteiger partial charge in [-0.25, -0.2) is 0 Å². The summed E-state index contributed by atoms with van der Waals surface area (Å²) in [6.07, 6.45) is 5.66. The number of amides is 2. The Morgan fingerprint density at radius 2 is 2.32 bits per heavy atom. The number of hydrogen-bond acceptors (Lipinski definition) is 4. The molecule has 1 spiro atoms.